The molecular formula is C27H18Cl2FN3O3. The number of rotatable bonds is 6. The molecule has 0 aliphatic heterocycles. The minimum atomic E-state index is -1.12. The summed E-state index contributed by atoms with van der Waals surface area (Å²) in [5.74, 6) is -2.34. The molecule has 0 saturated heterocycles. The number of ether oxygens (including phenoxy) is 1. The Morgan fingerprint density at radius 3 is 2.56 bits per heavy atom. The minimum Gasteiger partial charge on any atom is -0.467 e. The first-order valence-corrected chi connectivity index (χ1v) is 11.5. The molecule has 0 aliphatic rings. The standard InChI is InChI=1S/C27H18Cl2FN3O3/c1-36-27(35)23(33-26(34)24-20(28)5-2-6-22(24)30)13-16-8-10-19(25-17(16)4-3-11-32-25)18-9-7-15(14-31)12-21(18)29/h2-12,23H,13H2,1H3,(H,33,34)/t23-/m0/s1. The molecule has 0 fully saturated rings. The van der Waals surface area contributed by atoms with Crippen LogP contribution in [0.5, 0.6) is 0 Å². The van der Waals surface area contributed by atoms with Crippen LogP contribution in [0.1, 0.15) is 21.5 Å². The Hall–Kier alpha value is -3.99. The zero-order valence-electron chi connectivity index (χ0n) is 18.9. The van der Waals surface area contributed by atoms with Gasteiger partial charge in [-0.1, -0.05) is 53.5 Å². The van der Waals surface area contributed by atoms with Crippen LogP contribution in [-0.2, 0) is 16.0 Å². The van der Waals surface area contributed by atoms with E-state index in [-0.39, 0.29) is 17.0 Å². The normalized spacial score (nSPS) is 11.5. The number of fused-ring (bicyclic) bond motifs is 1. The highest BCUT2D eigenvalue weighted by atomic mass is 35.5. The maximum Gasteiger partial charge on any atom is 0.328 e. The van der Waals surface area contributed by atoms with Gasteiger partial charge in [-0.3, -0.25) is 9.78 Å². The number of hydrogen-bond donors (Lipinski definition) is 1. The number of methoxy groups -OCH3 is 1. The molecule has 0 bridgehead atoms. The van der Waals surface area contributed by atoms with E-state index in [1.54, 1.807) is 36.5 Å². The van der Waals surface area contributed by atoms with Crippen molar-refractivity contribution in [1.82, 2.24) is 10.3 Å². The zero-order valence-corrected chi connectivity index (χ0v) is 20.4. The van der Waals surface area contributed by atoms with Crippen molar-refractivity contribution >= 4 is 46.0 Å². The summed E-state index contributed by atoms with van der Waals surface area (Å²) in [4.78, 5) is 29.9. The topological polar surface area (TPSA) is 92.1 Å². The lowest BCUT2D eigenvalue weighted by molar-refractivity contribution is -0.142. The van der Waals surface area contributed by atoms with E-state index in [1.807, 2.05) is 12.1 Å². The molecule has 0 aliphatic carbocycles. The summed E-state index contributed by atoms with van der Waals surface area (Å²) in [5.41, 5.74) is 2.82. The largest absolute Gasteiger partial charge is 0.467 e. The highest BCUT2D eigenvalue weighted by Gasteiger charge is 2.26. The Morgan fingerprint density at radius 2 is 1.86 bits per heavy atom. The first kappa shape index (κ1) is 25.1. The van der Waals surface area contributed by atoms with Crippen molar-refractivity contribution in [1.29, 1.82) is 5.26 Å². The van der Waals surface area contributed by atoms with Crippen LogP contribution < -0.4 is 5.32 Å². The first-order chi connectivity index (χ1) is 17.3. The van der Waals surface area contributed by atoms with Crippen molar-refractivity contribution in [3.63, 3.8) is 0 Å². The van der Waals surface area contributed by atoms with Gasteiger partial charge in [-0.2, -0.15) is 5.26 Å². The number of pyridine rings is 1. The van der Waals surface area contributed by atoms with Crippen molar-refractivity contribution in [3.8, 4) is 17.2 Å². The SMILES string of the molecule is COC(=O)[C@H](Cc1ccc(-c2ccc(C#N)cc2Cl)c2ncccc12)NC(=O)c1c(F)cccc1Cl. The van der Waals surface area contributed by atoms with Gasteiger partial charge in [0.2, 0.25) is 0 Å². The van der Waals surface area contributed by atoms with Crippen LogP contribution in [0.25, 0.3) is 22.0 Å². The number of carbonyl (C=O) groups excluding carboxylic acids is 2. The van der Waals surface area contributed by atoms with Crippen molar-refractivity contribution in [3.05, 3.63) is 99.4 Å². The minimum absolute atomic E-state index is 0.0497. The molecule has 4 rings (SSSR count). The Labute approximate surface area is 216 Å². The summed E-state index contributed by atoms with van der Waals surface area (Å²) in [6.07, 6.45) is 1.68. The molecule has 1 heterocycles. The van der Waals surface area contributed by atoms with Crippen LogP contribution in [-0.4, -0.2) is 30.0 Å². The Kier molecular flexibility index (Phi) is 7.49. The number of nitriles is 1. The van der Waals surface area contributed by atoms with Gasteiger partial charge < -0.3 is 10.1 Å². The van der Waals surface area contributed by atoms with Gasteiger partial charge >= 0.3 is 5.97 Å². The molecular weight excluding hydrogens is 504 g/mol. The van der Waals surface area contributed by atoms with E-state index in [2.05, 4.69) is 16.4 Å². The number of nitrogens with zero attached hydrogens (tertiary/aromatic N) is 2. The first-order valence-electron chi connectivity index (χ1n) is 10.7. The fourth-order valence-corrected chi connectivity index (χ4v) is 4.46. The molecule has 4 aromatic rings. The second-order valence-corrected chi connectivity index (χ2v) is 8.64. The summed E-state index contributed by atoms with van der Waals surface area (Å²) in [5, 5.41) is 12.7. The number of nitrogens with one attached hydrogen (secondary N) is 1. The third-order valence-electron chi connectivity index (χ3n) is 5.65. The number of amides is 1. The lowest BCUT2D eigenvalue weighted by Crippen LogP contribution is -2.43. The van der Waals surface area contributed by atoms with Crippen molar-refractivity contribution in [2.45, 2.75) is 12.5 Å². The predicted molar refractivity (Wildman–Crippen MR) is 135 cm³/mol. The number of halogens is 3. The van der Waals surface area contributed by atoms with Gasteiger partial charge in [-0.25, -0.2) is 9.18 Å². The highest BCUT2D eigenvalue weighted by molar-refractivity contribution is 6.34. The lowest BCUT2D eigenvalue weighted by atomic mass is 9.94. The summed E-state index contributed by atoms with van der Waals surface area (Å²) in [7, 11) is 1.20. The number of carbonyl (C=O) groups is 2. The van der Waals surface area contributed by atoms with E-state index in [4.69, 9.17) is 33.2 Å². The molecule has 0 radical (unpaired) electrons. The maximum absolute atomic E-state index is 14.3. The lowest BCUT2D eigenvalue weighted by Gasteiger charge is -2.19. The second-order valence-electron chi connectivity index (χ2n) is 7.83. The van der Waals surface area contributed by atoms with Gasteiger partial charge in [0.25, 0.3) is 5.91 Å². The zero-order chi connectivity index (χ0) is 25.8. The van der Waals surface area contributed by atoms with Gasteiger partial charge in [-0.05, 0) is 35.9 Å². The number of esters is 1. The van der Waals surface area contributed by atoms with Gasteiger partial charge in [0.15, 0.2) is 0 Å². The Balaban J connectivity index is 1.72. The van der Waals surface area contributed by atoms with Crippen molar-refractivity contribution < 1.29 is 18.7 Å². The average molecular weight is 522 g/mol. The molecule has 6 nitrogen and oxygen atoms in total. The van der Waals surface area contributed by atoms with E-state index in [1.165, 1.54) is 19.2 Å². The third kappa shape index (κ3) is 5.01. The molecule has 0 saturated carbocycles. The summed E-state index contributed by atoms with van der Waals surface area (Å²) >= 11 is 12.5. The van der Waals surface area contributed by atoms with E-state index < -0.39 is 23.7 Å². The van der Waals surface area contributed by atoms with Crippen LogP contribution in [0.4, 0.5) is 4.39 Å². The average Bonchev–Trinajstić information content (AvgIpc) is 2.88. The molecule has 36 heavy (non-hydrogen) atoms. The van der Waals surface area contributed by atoms with E-state index in [0.29, 0.717) is 27.2 Å². The van der Waals surface area contributed by atoms with Crippen LogP contribution in [0.15, 0.2) is 66.9 Å². The van der Waals surface area contributed by atoms with E-state index in [0.717, 1.165) is 17.0 Å². The molecule has 1 amide bonds. The molecule has 3 aromatic carbocycles. The van der Waals surface area contributed by atoms with Gasteiger partial charge in [-0.15, -0.1) is 0 Å². The molecule has 1 N–H and O–H groups in total. The van der Waals surface area contributed by atoms with Crippen LogP contribution in [0.3, 0.4) is 0 Å². The Morgan fingerprint density at radius 1 is 1.08 bits per heavy atom. The fraction of sp³-hybridized carbons (Fsp3) is 0.111. The van der Waals surface area contributed by atoms with E-state index >= 15 is 0 Å². The highest BCUT2D eigenvalue weighted by Crippen LogP contribution is 2.35. The summed E-state index contributed by atoms with van der Waals surface area (Å²) < 4.78 is 19.1. The Bertz CT molecular complexity index is 1510. The predicted octanol–water partition coefficient (Wildman–Crippen LogP) is 5.73. The quantitative estimate of drug-likeness (QED) is 0.327. The van der Waals surface area contributed by atoms with E-state index in [9.17, 15) is 14.0 Å². The van der Waals surface area contributed by atoms with Gasteiger partial charge in [0.1, 0.15) is 11.9 Å². The molecule has 1 atom stereocenters. The molecule has 1 aromatic heterocycles. The van der Waals surface area contributed by atoms with Crippen LogP contribution in [0, 0.1) is 17.1 Å². The van der Waals surface area contributed by atoms with Crippen molar-refractivity contribution in [2.24, 2.45) is 0 Å². The van der Waals surface area contributed by atoms with Gasteiger partial charge in [0, 0.05) is 34.2 Å². The third-order valence-corrected chi connectivity index (χ3v) is 6.28. The molecule has 0 unspecified atom stereocenters. The molecule has 180 valence electrons. The summed E-state index contributed by atoms with van der Waals surface area (Å²) in [6, 6.07) is 17.0. The monoisotopic (exact) mass is 521 g/mol. The maximum atomic E-state index is 14.3. The number of aromatic nitrogens is 1. The molecule has 9 heteroatoms. The number of benzene rings is 3. The van der Waals surface area contributed by atoms with Gasteiger partial charge in [0.05, 0.1) is 34.8 Å². The fourth-order valence-electron chi connectivity index (χ4n) is 3.93. The van der Waals surface area contributed by atoms with Crippen LogP contribution in [0.2, 0.25) is 10.0 Å². The summed E-state index contributed by atoms with van der Waals surface area (Å²) in [6.45, 7) is 0. The second kappa shape index (κ2) is 10.7. The smallest absolute Gasteiger partial charge is 0.328 e. The molecule has 0 spiro atoms. The number of hydrogen-bond acceptors (Lipinski definition) is 5. The van der Waals surface area contributed by atoms with Crippen LogP contribution >= 0.6 is 23.2 Å². The van der Waals surface area contributed by atoms with Crippen molar-refractivity contribution in [2.75, 3.05) is 7.11 Å².